The summed E-state index contributed by atoms with van der Waals surface area (Å²) in [6.45, 7) is 6.49. The van der Waals surface area contributed by atoms with Crippen LogP contribution in [0.3, 0.4) is 0 Å². The van der Waals surface area contributed by atoms with Crippen molar-refractivity contribution in [3.05, 3.63) is 71.3 Å². The van der Waals surface area contributed by atoms with Gasteiger partial charge in [-0.3, -0.25) is 9.59 Å². The van der Waals surface area contributed by atoms with Gasteiger partial charge in [0.15, 0.2) is 0 Å². The molecule has 0 aliphatic heterocycles. The molecule has 0 aliphatic rings. The van der Waals surface area contributed by atoms with E-state index in [1.54, 1.807) is 6.07 Å². The van der Waals surface area contributed by atoms with E-state index in [4.69, 9.17) is 0 Å². The summed E-state index contributed by atoms with van der Waals surface area (Å²) in [5.41, 5.74) is 2.70. The summed E-state index contributed by atoms with van der Waals surface area (Å²) in [5, 5.41) is 5.90. The molecule has 2 N–H and O–H groups in total. The Morgan fingerprint density at radius 2 is 1.73 bits per heavy atom. The molecule has 0 saturated heterocycles. The molecular weight excluding hydrogens is 324 g/mol. The van der Waals surface area contributed by atoms with Crippen molar-refractivity contribution in [2.75, 3.05) is 0 Å². The second-order valence-electron chi connectivity index (χ2n) is 6.78. The first kappa shape index (κ1) is 19.7. The van der Waals surface area contributed by atoms with E-state index in [0.29, 0.717) is 18.5 Å². The maximum absolute atomic E-state index is 12.2. The van der Waals surface area contributed by atoms with Crippen molar-refractivity contribution in [2.24, 2.45) is 0 Å². The van der Waals surface area contributed by atoms with Crippen molar-refractivity contribution in [1.29, 1.82) is 0 Å². The number of rotatable bonds is 8. The lowest BCUT2D eigenvalue weighted by atomic mass is 9.97. The second-order valence-corrected chi connectivity index (χ2v) is 6.78. The molecule has 0 aromatic heterocycles. The minimum atomic E-state index is -0.0785. The molecule has 4 heteroatoms. The lowest BCUT2D eigenvalue weighted by molar-refractivity contribution is -0.121. The van der Waals surface area contributed by atoms with Gasteiger partial charge < -0.3 is 10.6 Å². The molecule has 0 bridgehead atoms. The van der Waals surface area contributed by atoms with E-state index < -0.39 is 0 Å². The highest BCUT2D eigenvalue weighted by atomic mass is 16.2. The number of hydrogen-bond donors (Lipinski definition) is 2. The van der Waals surface area contributed by atoms with Crippen molar-refractivity contribution in [3.63, 3.8) is 0 Å². The largest absolute Gasteiger partial charge is 0.352 e. The predicted octanol–water partition coefficient (Wildman–Crippen LogP) is 4.02. The zero-order valence-corrected chi connectivity index (χ0v) is 15.8. The number of carbonyl (C=O) groups is 2. The molecule has 0 aliphatic carbocycles. The van der Waals surface area contributed by atoms with Crippen LogP contribution in [0.15, 0.2) is 54.6 Å². The SMILES string of the molecule is CC[C@H](C)NC(=O)c1cccc(CNC(=O)C[C@H](C)c2ccccc2)c1. The van der Waals surface area contributed by atoms with E-state index in [2.05, 4.69) is 17.6 Å². The van der Waals surface area contributed by atoms with Gasteiger partial charge >= 0.3 is 0 Å². The molecule has 0 radical (unpaired) electrons. The summed E-state index contributed by atoms with van der Waals surface area (Å²) < 4.78 is 0. The van der Waals surface area contributed by atoms with Crippen LogP contribution in [0.2, 0.25) is 0 Å². The third-order valence-electron chi connectivity index (χ3n) is 4.53. The van der Waals surface area contributed by atoms with Gasteiger partial charge in [-0.25, -0.2) is 0 Å². The molecule has 2 aromatic rings. The summed E-state index contributed by atoms with van der Waals surface area (Å²) in [6.07, 6.45) is 1.33. The smallest absolute Gasteiger partial charge is 0.251 e. The van der Waals surface area contributed by atoms with Crippen molar-refractivity contribution in [3.8, 4) is 0 Å². The van der Waals surface area contributed by atoms with E-state index in [9.17, 15) is 9.59 Å². The topological polar surface area (TPSA) is 58.2 Å². The Morgan fingerprint density at radius 1 is 1.00 bits per heavy atom. The first-order valence-electron chi connectivity index (χ1n) is 9.21. The second kappa shape index (κ2) is 9.76. The van der Waals surface area contributed by atoms with E-state index >= 15 is 0 Å². The lowest BCUT2D eigenvalue weighted by Gasteiger charge is -2.13. The fourth-order valence-corrected chi connectivity index (χ4v) is 2.68. The monoisotopic (exact) mass is 352 g/mol. The van der Waals surface area contributed by atoms with Gasteiger partial charge in [0.05, 0.1) is 0 Å². The fourth-order valence-electron chi connectivity index (χ4n) is 2.68. The Labute approximate surface area is 156 Å². The number of benzene rings is 2. The zero-order valence-electron chi connectivity index (χ0n) is 15.8. The Bertz CT molecular complexity index is 728. The fraction of sp³-hybridized carbons (Fsp3) is 0.364. The van der Waals surface area contributed by atoms with Crippen LogP contribution in [0.25, 0.3) is 0 Å². The average molecular weight is 352 g/mol. The van der Waals surface area contributed by atoms with E-state index in [1.165, 1.54) is 0 Å². The van der Waals surface area contributed by atoms with Gasteiger partial charge in [0.25, 0.3) is 5.91 Å². The summed E-state index contributed by atoms with van der Waals surface area (Å²) >= 11 is 0. The van der Waals surface area contributed by atoms with Crippen molar-refractivity contribution >= 4 is 11.8 Å². The molecule has 0 unspecified atom stereocenters. The van der Waals surface area contributed by atoms with Gasteiger partial charge in [0, 0.05) is 24.6 Å². The highest BCUT2D eigenvalue weighted by molar-refractivity contribution is 5.94. The van der Waals surface area contributed by atoms with Crippen LogP contribution in [-0.2, 0) is 11.3 Å². The average Bonchev–Trinajstić information content (AvgIpc) is 2.67. The molecule has 4 nitrogen and oxygen atoms in total. The van der Waals surface area contributed by atoms with Crippen LogP contribution in [0.5, 0.6) is 0 Å². The normalized spacial score (nSPS) is 12.9. The third kappa shape index (κ3) is 6.03. The molecule has 0 saturated carbocycles. The molecule has 0 heterocycles. The maximum Gasteiger partial charge on any atom is 0.251 e. The van der Waals surface area contributed by atoms with Crippen LogP contribution in [-0.4, -0.2) is 17.9 Å². The van der Waals surface area contributed by atoms with Crippen molar-refractivity contribution < 1.29 is 9.59 Å². The lowest BCUT2D eigenvalue weighted by Crippen LogP contribution is -2.32. The summed E-state index contributed by atoms with van der Waals surface area (Å²) in [7, 11) is 0. The summed E-state index contributed by atoms with van der Waals surface area (Å²) in [4.78, 5) is 24.4. The Balaban J connectivity index is 1.88. The number of carbonyl (C=O) groups excluding carboxylic acids is 2. The van der Waals surface area contributed by atoms with Crippen LogP contribution < -0.4 is 10.6 Å². The summed E-state index contributed by atoms with van der Waals surface area (Å²) in [5.74, 6) is 0.102. The van der Waals surface area contributed by atoms with Gasteiger partial charge in [-0.15, -0.1) is 0 Å². The molecule has 0 fully saturated rings. The van der Waals surface area contributed by atoms with Crippen LogP contribution in [0, 0.1) is 0 Å². The van der Waals surface area contributed by atoms with Gasteiger partial charge in [0.2, 0.25) is 5.91 Å². The Kier molecular flexibility index (Phi) is 7.39. The number of nitrogens with one attached hydrogen (secondary N) is 2. The number of amides is 2. The molecule has 0 spiro atoms. The van der Waals surface area contributed by atoms with Gasteiger partial charge in [-0.05, 0) is 42.5 Å². The van der Waals surface area contributed by atoms with Crippen molar-refractivity contribution in [1.82, 2.24) is 10.6 Å². The number of hydrogen-bond acceptors (Lipinski definition) is 2. The van der Waals surface area contributed by atoms with E-state index in [0.717, 1.165) is 17.5 Å². The third-order valence-corrected chi connectivity index (χ3v) is 4.53. The molecule has 2 amide bonds. The van der Waals surface area contributed by atoms with Crippen LogP contribution >= 0.6 is 0 Å². The minimum Gasteiger partial charge on any atom is -0.352 e. The van der Waals surface area contributed by atoms with Gasteiger partial charge in [-0.1, -0.05) is 56.3 Å². The summed E-state index contributed by atoms with van der Waals surface area (Å²) in [6, 6.07) is 17.6. The van der Waals surface area contributed by atoms with E-state index in [-0.39, 0.29) is 23.8 Å². The standard InChI is InChI=1S/C22H28N2O2/c1-4-17(3)24-22(26)20-12-8-9-18(14-20)15-23-21(25)13-16(2)19-10-6-5-7-11-19/h5-12,14,16-17H,4,13,15H2,1-3H3,(H,23,25)(H,24,26)/t16-,17-/m0/s1. The first-order chi connectivity index (χ1) is 12.5. The minimum absolute atomic E-state index is 0.0100. The molecule has 2 aromatic carbocycles. The van der Waals surface area contributed by atoms with Gasteiger partial charge in [0.1, 0.15) is 0 Å². The molecule has 2 rings (SSSR count). The van der Waals surface area contributed by atoms with Crippen LogP contribution in [0.1, 0.15) is 61.0 Å². The Hall–Kier alpha value is -2.62. The highest BCUT2D eigenvalue weighted by Gasteiger charge is 2.12. The quantitative estimate of drug-likeness (QED) is 0.754. The Morgan fingerprint density at radius 3 is 2.42 bits per heavy atom. The highest BCUT2D eigenvalue weighted by Crippen LogP contribution is 2.18. The molecule has 26 heavy (non-hydrogen) atoms. The predicted molar refractivity (Wildman–Crippen MR) is 105 cm³/mol. The molecule has 138 valence electrons. The van der Waals surface area contributed by atoms with Crippen molar-refractivity contribution in [2.45, 2.75) is 52.1 Å². The van der Waals surface area contributed by atoms with Crippen LogP contribution in [0.4, 0.5) is 0 Å². The van der Waals surface area contributed by atoms with E-state index in [1.807, 2.05) is 62.4 Å². The van der Waals surface area contributed by atoms with Gasteiger partial charge in [-0.2, -0.15) is 0 Å². The maximum atomic E-state index is 12.2. The molecule has 2 atom stereocenters. The molecular formula is C22H28N2O2. The zero-order chi connectivity index (χ0) is 18.9. The first-order valence-corrected chi connectivity index (χ1v) is 9.21.